The zero-order valence-electron chi connectivity index (χ0n) is 14.6. The average molecular weight is 381 g/mol. The maximum Gasteiger partial charge on any atom is 0.416 e. The van der Waals surface area contributed by atoms with Gasteiger partial charge in [-0.2, -0.15) is 18.3 Å². The number of halogens is 3. The molecule has 2 aromatic rings. The molecule has 2 heterocycles. The topological polar surface area (TPSA) is 75.4 Å². The molecule has 7 nitrogen and oxygen atoms in total. The molecule has 0 spiro atoms. The molecule has 1 fully saturated rings. The summed E-state index contributed by atoms with van der Waals surface area (Å²) in [5, 5.41) is 19.3. The largest absolute Gasteiger partial charge is 0.416 e. The van der Waals surface area contributed by atoms with Crippen LogP contribution in [0.3, 0.4) is 0 Å². The van der Waals surface area contributed by atoms with Crippen molar-refractivity contribution in [3.63, 3.8) is 0 Å². The summed E-state index contributed by atoms with van der Waals surface area (Å²) in [6.07, 6.45) is -1.26. The zero-order chi connectivity index (χ0) is 19.6. The number of benzene rings is 1. The van der Waals surface area contributed by atoms with Gasteiger partial charge in [0.1, 0.15) is 5.69 Å². The van der Waals surface area contributed by atoms with Gasteiger partial charge in [0.2, 0.25) is 0 Å². The first-order valence-corrected chi connectivity index (χ1v) is 8.38. The molecule has 144 valence electrons. The predicted octanol–water partition coefficient (Wildman–Crippen LogP) is 3.51. The van der Waals surface area contributed by atoms with Gasteiger partial charge in [-0.05, 0) is 37.1 Å². The van der Waals surface area contributed by atoms with Crippen LogP contribution in [0.5, 0.6) is 0 Å². The SMILES string of the molecule is CN(CC1CCCN1c1cccnn1)c1ccc(C(F)(F)F)cc1[N+](=O)[O-]. The fraction of sp³-hybridized carbons (Fsp3) is 0.412. The van der Waals surface area contributed by atoms with Crippen LogP contribution in [0, 0.1) is 10.1 Å². The van der Waals surface area contributed by atoms with Crippen LogP contribution in [0.15, 0.2) is 36.5 Å². The molecule has 0 N–H and O–H groups in total. The van der Waals surface area contributed by atoms with Crippen molar-refractivity contribution in [2.75, 3.05) is 29.9 Å². The second-order valence-electron chi connectivity index (χ2n) is 6.41. The van der Waals surface area contributed by atoms with Crippen molar-refractivity contribution in [1.82, 2.24) is 10.2 Å². The standard InChI is InChI=1S/C17H18F3N5O2/c1-23(11-13-4-3-9-24(13)16-5-2-8-21-22-16)14-7-6-12(17(18,19)20)10-15(14)25(26)27/h2,5-8,10,13H,3-4,9,11H2,1H3. The summed E-state index contributed by atoms with van der Waals surface area (Å²) in [5.74, 6) is 0.718. The highest BCUT2D eigenvalue weighted by Gasteiger charge is 2.34. The lowest BCUT2D eigenvalue weighted by atomic mass is 10.1. The van der Waals surface area contributed by atoms with E-state index in [1.807, 2.05) is 6.07 Å². The molecule has 1 saturated heterocycles. The molecule has 0 aliphatic carbocycles. The van der Waals surface area contributed by atoms with Gasteiger partial charge in [-0.25, -0.2) is 0 Å². The highest BCUT2D eigenvalue weighted by molar-refractivity contribution is 5.64. The van der Waals surface area contributed by atoms with Crippen molar-refractivity contribution >= 4 is 17.2 Å². The number of rotatable bonds is 5. The van der Waals surface area contributed by atoms with Crippen molar-refractivity contribution < 1.29 is 18.1 Å². The van der Waals surface area contributed by atoms with E-state index in [9.17, 15) is 23.3 Å². The molecule has 0 amide bonds. The van der Waals surface area contributed by atoms with Crippen molar-refractivity contribution in [3.05, 3.63) is 52.2 Å². The highest BCUT2D eigenvalue weighted by atomic mass is 19.4. The van der Waals surface area contributed by atoms with Crippen LogP contribution in [0.1, 0.15) is 18.4 Å². The van der Waals surface area contributed by atoms with Gasteiger partial charge in [0.05, 0.1) is 10.5 Å². The first kappa shape index (κ1) is 18.9. The third kappa shape index (κ3) is 4.09. The predicted molar refractivity (Wildman–Crippen MR) is 93.8 cm³/mol. The molecule has 1 atom stereocenters. The fourth-order valence-electron chi connectivity index (χ4n) is 3.36. The second-order valence-corrected chi connectivity index (χ2v) is 6.41. The highest BCUT2D eigenvalue weighted by Crippen LogP contribution is 2.36. The molecule has 27 heavy (non-hydrogen) atoms. The Morgan fingerprint density at radius 1 is 1.37 bits per heavy atom. The van der Waals surface area contributed by atoms with Gasteiger partial charge in [-0.15, -0.1) is 5.10 Å². The normalized spacial score (nSPS) is 17.2. The van der Waals surface area contributed by atoms with Gasteiger partial charge in [-0.3, -0.25) is 10.1 Å². The summed E-state index contributed by atoms with van der Waals surface area (Å²) >= 11 is 0. The van der Waals surface area contributed by atoms with E-state index in [0.717, 1.165) is 37.3 Å². The van der Waals surface area contributed by atoms with Crippen LogP contribution >= 0.6 is 0 Å². The molecule has 1 aliphatic rings. The van der Waals surface area contributed by atoms with Crippen LogP contribution < -0.4 is 9.80 Å². The summed E-state index contributed by atoms with van der Waals surface area (Å²) in [7, 11) is 1.64. The van der Waals surface area contributed by atoms with Gasteiger partial charge in [-0.1, -0.05) is 0 Å². The van der Waals surface area contributed by atoms with Crippen molar-refractivity contribution in [3.8, 4) is 0 Å². The van der Waals surface area contributed by atoms with Gasteiger partial charge < -0.3 is 9.80 Å². The van der Waals surface area contributed by atoms with E-state index in [-0.39, 0.29) is 11.7 Å². The second kappa shape index (κ2) is 7.37. The third-order valence-corrected chi connectivity index (χ3v) is 4.62. The Hall–Kier alpha value is -2.91. The number of alkyl halides is 3. The lowest BCUT2D eigenvalue weighted by Gasteiger charge is -2.30. The number of nitro benzene ring substituents is 1. The van der Waals surface area contributed by atoms with Gasteiger partial charge in [0, 0.05) is 38.4 Å². The van der Waals surface area contributed by atoms with Gasteiger partial charge in [0.25, 0.3) is 5.69 Å². The minimum Gasteiger partial charge on any atom is -0.367 e. The molecule has 1 unspecified atom stereocenters. The zero-order valence-corrected chi connectivity index (χ0v) is 14.6. The molecule has 0 radical (unpaired) electrons. The first-order valence-electron chi connectivity index (χ1n) is 8.38. The minimum absolute atomic E-state index is 0.0357. The number of anilines is 2. The van der Waals surface area contributed by atoms with Crippen molar-refractivity contribution in [1.29, 1.82) is 0 Å². The Labute approximate surface area is 153 Å². The summed E-state index contributed by atoms with van der Waals surface area (Å²) in [5.41, 5.74) is -1.44. The molecule has 1 aromatic heterocycles. The lowest BCUT2D eigenvalue weighted by Crippen LogP contribution is -2.39. The van der Waals surface area contributed by atoms with E-state index < -0.39 is 22.4 Å². The average Bonchev–Trinajstić information content (AvgIpc) is 3.09. The summed E-state index contributed by atoms with van der Waals surface area (Å²) in [4.78, 5) is 14.2. The molecule has 1 aliphatic heterocycles. The lowest BCUT2D eigenvalue weighted by molar-refractivity contribution is -0.384. The third-order valence-electron chi connectivity index (χ3n) is 4.62. The monoisotopic (exact) mass is 381 g/mol. The van der Waals surface area contributed by atoms with E-state index in [4.69, 9.17) is 0 Å². The molecule has 10 heteroatoms. The smallest absolute Gasteiger partial charge is 0.367 e. The Bertz CT molecular complexity index is 816. The number of hydrogen-bond donors (Lipinski definition) is 0. The van der Waals surface area contributed by atoms with Gasteiger partial charge in [0.15, 0.2) is 5.82 Å². The van der Waals surface area contributed by atoms with Crippen LogP contribution in [-0.2, 0) is 6.18 Å². The molecule has 0 bridgehead atoms. The minimum atomic E-state index is -4.63. The molecule has 0 saturated carbocycles. The van der Waals surface area contributed by atoms with Crippen LogP contribution in [0.25, 0.3) is 0 Å². The summed E-state index contributed by atoms with van der Waals surface area (Å²) in [6.45, 7) is 1.20. The molecule has 1 aromatic carbocycles. The van der Waals surface area contributed by atoms with E-state index in [0.29, 0.717) is 12.6 Å². The van der Waals surface area contributed by atoms with Crippen molar-refractivity contribution in [2.24, 2.45) is 0 Å². The summed E-state index contributed by atoms with van der Waals surface area (Å²) < 4.78 is 38.6. The number of likely N-dealkylation sites (N-methyl/N-ethyl adjacent to an activating group) is 1. The quantitative estimate of drug-likeness (QED) is 0.583. The Kier molecular flexibility index (Phi) is 5.15. The summed E-state index contributed by atoms with van der Waals surface area (Å²) in [6, 6.07) is 6.26. The number of hydrogen-bond acceptors (Lipinski definition) is 6. The Morgan fingerprint density at radius 2 is 2.15 bits per heavy atom. The number of nitrogens with zero attached hydrogens (tertiary/aromatic N) is 5. The van der Waals surface area contributed by atoms with Crippen LogP contribution in [-0.4, -0.2) is 41.3 Å². The molecule has 3 rings (SSSR count). The molecular weight excluding hydrogens is 363 g/mol. The number of aromatic nitrogens is 2. The molecular formula is C17H18F3N5O2. The maximum atomic E-state index is 12.9. The Morgan fingerprint density at radius 3 is 2.78 bits per heavy atom. The first-order chi connectivity index (χ1) is 12.8. The maximum absolute atomic E-state index is 12.9. The Balaban J connectivity index is 1.83. The van der Waals surface area contributed by atoms with Crippen LogP contribution in [0.2, 0.25) is 0 Å². The fourth-order valence-corrected chi connectivity index (χ4v) is 3.36. The van der Waals surface area contributed by atoms with E-state index in [1.165, 1.54) is 0 Å². The van der Waals surface area contributed by atoms with E-state index in [2.05, 4.69) is 15.1 Å². The van der Waals surface area contributed by atoms with Crippen LogP contribution in [0.4, 0.5) is 30.4 Å². The van der Waals surface area contributed by atoms with E-state index >= 15 is 0 Å². The number of nitro groups is 1. The van der Waals surface area contributed by atoms with E-state index in [1.54, 1.807) is 24.2 Å². The van der Waals surface area contributed by atoms with Gasteiger partial charge >= 0.3 is 6.18 Å². The van der Waals surface area contributed by atoms with Crippen molar-refractivity contribution in [2.45, 2.75) is 25.1 Å².